The number of likely N-dealkylation sites (tertiary alicyclic amines) is 1. The van der Waals surface area contributed by atoms with Crippen molar-refractivity contribution in [2.24, 2.45) is 0 Å². The lowest BCUT2D eigenvalue weighted by molar-refractivity contribution is -0.131. The lowest BCUT2D eigenvalue weighted by atomic mass is 10.1. The third kappa shape index (κ3) is 4.42. The van der Waals surface area contributed by atoms with Crippen molar-refractivity contribution in [3.05, 3.63) is 52.0 Å². The minimum atomic E-state index is 0.173. The van der Waals surface area contributed by atoms with Crippen molar-refractivity contribution in [3.8, 4) is 0 Å². The SMILES string of the molecule is O=C(Cc1csc(Cc2ccccc2)n1)N1CCCC1CCCO. The average Bonchev–Trinajstić information content (AvgIpc) is 3.23. The maximum Gasteiger partial charge on any atom is 0.228 e. The Morgan fingerprint density at radius 2 is 2.17 bits per heavy atom. The molecule has 1 fully saturated rings. The van der Waals surface area contributed by atoms with Gasteiger partial charge < -0.3 is 10.0 Å². The third-order valence-corrected chi connectivity index (χ3v) is 5.42. The molecule has 1 amide bonds. The molecule has 0 bridgehead atoms. The molecule has 0 radical (unpaired) electrons. The van der Waals surface area contributed by atoms with E-state index >= 15 is 0 Å². The van der Waals surface area contributed by atoms with Gasteiger partial charge in [-0.3, -0.25) is 4.79 Å². The van der Waals surface area contributed by atoms with Crippen molar-refractivity contribution in [3.63, 3.8) is 0 Å². The van der Waals surface area contributed by atoms with Crippen LogP contribution in [-0.4, -0.2) is 40.1 Å². The second kappa shape index (κ2) is 8.40. The number of thiazole rings is 1. The zero-order valence-corrected chi connectivity index (χ0v) is 14.7. The molecule has 1 unspecified atom stereocenters. The maximum atomic E-state index is 12.6. The number of benzene rings is 1. The summed E-state index contributed by atoms with van der Waals surface area (Å²) in [6.07, 6.45) is 5.01. The first-order chi connectivity index (χ1) is 11.8. The van der Waals surface area contributed by atoms with Gasteiger partial charge in [-0.1, -0.05) is 30.3 Å². The monoisotopic (exact) mass is 344 g/mol. The first kappa shape index (κ1) is 17.1. The summed E-state index contributed by atoms with van der Waals surface area (Å²) in [6.45, 7) is 1.05. The van der Waals surface area contributed by atoms with Crippen LogP contribution in [0.15, 0.2) is 35.7 Å². The van der Waals surface area contributed by atoms with Crippen molar-refractivity contribution in [1.29, 1.82) is 0 Å². The van der Waals surface area contributed by atoms with Crippen molar-refractivity contribution < 1.29 is 9.90 Å². The smallest absolute Gasteiger partial charge is 0.228 e. The van der Waals surface area contributed by atoms with Gasteiger partial charge in [0.05, 0.1) is 17.1 Å². The third-order valence-electron chi connectivity index (χ3n) is 4.52. The molecule has 24 heavy (non-hydrogen) atoms. The Kier molecular flexibility index (Phi) is 5.99. The standard InChI is InChI=1S/C19H24N2O2S/c22-11-5-9-17-8-4-10-21(17)19(23)13-16-14-24-18(20-16)12-15-6-2-1-3-7-15/h1-3,6-7,14,17,22H,4-5,8-13H2. The predicted octanol–water partition coefficient (Wildman–Crippen LogP) is 3.04. The van der Waals surface area contributed by atoms with Gasteiger partial charge in [0.2, 0.25) is 5.91 Å². The highest BCUT2D eigenvalue weighted by Gasteiger charge is 2.28. The van der Waals surface area contributed by atoms with Crippen LogP contribution in [0, 0.1) is 0 Å². The summed E-state index contributed by atoms with van der Waals surface area (Å²) in [4.78, 5) is 19.2. The van der Waals surface area contributed by atoms with Crippen molar-refractivity contribution in [1.82, 2.24) is 9.88 Å². The first-order valence-corrected chi connectivity index (χ1v) is 9.52. The topological polar surface area (TPSA) is 53.4 Å². The van der Waals surface area contributed by atoms with E-state index in [4.69, 9.17) is 5.11 Å². The average molecular weight is 344 g/mol. The van der Waals surface area contributed by atoms with Crippen LogP contribution in [-0.2, 0) is 17.6 Å². The number of hydrogen-bond acceptors (Lipinski definition) is 4. The Morgan fingerprint density at radius 3 is 2.96 bits per heavy atom. The van der Waals surface area contributed by atoms with Crippen LogP contribution in [0.2, 0.25) is 0 Å². The van der Waals surface area contributed by atoms with Crippen LogP contribution in [0.25, 0.3) is 0 Å². The number of carbonyl (C=O) groups excluding carboxylic acids is 1. The number of aromatic nitrogens is 1. The Bertz CT molecular complexity index is 656. The number of nitrogens with zero attached hydrogens (tertiary/aromatic N) is 2. The first-order valence-electron chi connectivity index (χ1n) is 8.64. The summed E-state index contributed by atoms with van der Waals surface area (Å²) < 4.78 is 0. The Balaban J connectivity index is 1.57. The molecule has 2 aromatic rings. The van der Waals surface area contributed by atoms with Gasteiger partial charge in [-0.25, -0.2) is 4.98 Å². The summed E-state index contributed by atoms with van der Waals surface area (Å²) in [6, 6.07) is 10.6. The van der Waals surface area contributed by atoms with Crippen molar-refractivity contribution >= 4 is 17.2 Å². The molecular weight excluding hydrogens is 320 g/mol. The van der Waals surface area contributed by atoms with Crippen molar-refractivity contribution in [2.45, 2.75) is 44.6 Å². The molecule has 0 aliphatic carbocycles. The fourth-order valence-corrected chi connectivity index (χ4v) is 4.16. The molecule has 1 aliphatic heterocycles. The molecule has 3 rings (SSSR count). The molecule has 0 saturated carbocycles. The van der Waals surface area contributed by atoms with Crippen molar-refractivity contribution in [2.75, 3.05) is 13.2 Å². The highest BCUT2D eigenvalue weighted by molar-refractivity contribution is 7.09. The van der Waals surface area contributed by atoms with Gasteiger partial charge in [0.25, 0.3) is 0 Å². The van der Waals surface area contributed by atoms with E-state index in [9.17, 15) is 4.79 Å². The van der Waals surface area contributed by atoms with Crippen LogP contribution in [0.5, 0.6) is 0 Å². The number of carbonyl (C=O) groups is 1. The van der Waals surface area contributed by atoms with Gasteiger partial charge >= 0.3 is 0 Å². The molecule has 1 atom stereocenters. The minimum Gasteiger partial charge on any atom is -0.396 e. The van der Waals surface area contributed by atoms with Gasteiger partial charge in [-0.2, -0.15) is 0 Å². The molecule has 1 aliphatic rings. The molecule has 0 spiro atoms. The molecule has 1 saturated heterocycles. The highest BCUT2D eigenvalue weighted by Crippen LogP contribution is 2.23. The fourth-order valence-electron chi connectivity index (χ4n) is 3.33. The normalized spacial score (nSPS) is 17.4. The highest BCUT2D eigenvalue weighted by atomic mass is 32.1. The van der Waals surface area contributed by atoms with Crippen LogP contribution < -0.4 is 0 Å². The second-order valence-electron chi connectivity index (χ2n) is 6.32. The lowest BCUT2D eigenvalue weighted by Crippen LogP contribution is -2.36. The summed E-state index contributed by atoms with van der Waals surface area (Å²) >= 11 is 1.63. The summed E-state index contributed by atoms with van der Waals surface area (Å²) in [5.74, 6) is 0.173. The largest absolute Gasteiger partial charge is 0.396 e. The van der Waals surface area contributed by atoms with Crippen LogP contribution in [0.1, 0.15) is 41.9 Å². The minimum absolute atomic E-state index is 0.173. The van der Waals surface area contributed by atoms with E-state index < -0.39 is 0 Å². The molecule has 2 heterocycles. The van der Waals surface area contributed by atoms with Crippen LogP contribution in [0.3, 0.4) is 0 Å². The summed E-state index contributed by atoms with van der Waals surface area (Å²) in [5, 5.41) is 12.1. The molecule has 5 heteroatoms. The number of aliphatic hydroxyl groups is 1. The second-order valence-corrected chi connectivity index (χ2v) is 7.26. The zero-order chi connectivity index (χ0) is 16.8. The molecule has 4 nitrogen and oxygen atoms in total. The van der Waals surface area contributed by atoms with E-state index in [-0.39, 0.29) is 12.5 Å². The molecule has 1 N–H and O–H groups in total. The molecule has 1 aromatic heterocycles. The van der Waals surface area contributed by atoms with E-state index in [0.717, 1.165) is 49.4 Å². The number of amides is 1. The van der Waals surface area contributed by atoms with E-state index in [0.29, 0.717) is 12.5 Å². The van der Waals surface area contributed by atoms with Gasteiger partial charge in [0.1, 0.15) is 0 Å². The lowest BCUT2D eigenvalue weighted by Gasteiger charge is -2.24. The molecule has 1 aromatic carbocycles. The van der Waals surface area contributed by atoms with Crippen LogP contribution >= 0.6 is 11.3 Å². The van der Waals surface area contributed by atoms with E-state index in [1.807, 2.05) is 28.5 Å². The Morgan fingerprint density at radius 1 is 1.33 bits per heavy atom. The van der Waals surface area contributed by atoms with Gasteiger partial charge in [-0.05, 0) is 31.2 Å². The quantitative estimate of drug-likeness (QED) is 0.840. The number of rotatable bonds is 7. The number of hydrogen-bond donors (Lipinski definition) is 1. The molecule has 128 valence electrons. The summed E-state index contributed by atoms with van der Waals surface area (Å²) in [7, 11) is 0. The Labute approximate surface area is 147 Å². The van der Waals surface area contributed by atoms with Gasteiger partial charge in [-0.15, -0.1) is 11.3 Å². The van der Waals surface area contributed by atoms with E-state index in [1.54, 1.807) is 11.3 Å². The molecular formula is C19H24N2O2S. The van der Waals surface area contributed by atoms with Gasteiger partial charge in [0, 0.05) is 31.0 Å². The van der Waals surface area contributed by atoms with Gasteiger partial charge in [0.15, 0.2) is 0 Å². The Hall–Kier alpha value is -1.72. The zero-order valence-electron chi connectivity index (χ0n) is 13.9. The number of aliphatic hydroxyl groups excluding tert-OH is 1. The predicted molar refractivity (Wildman–Crippen MR) is 96.1 cm³/mol. The maximum absolute atomic E-state index is 12.6. The van der Waals surface area contributed by atoms with E-state index in [2.05, 4.69) is 17.1 Å². The van der Waals surface area contributed by atoms with Crippen LogP contribution in [0.4, 0.5) is 0 Å². The van der Waals surface area contributed by atoms with E-state index in [1.165, 1.54) is 5.56 Å². The fraction of sp³-hybridized carbons (Fsp3) is 0.474. The summed E-state index contributed by atoms with van der Waals surface area (Å²) in [5.41, 5.74) is 2.12.